The van der Waals surface area contributed by atoms with Gasteiger partial charge in [0.1, 0.15) is 0 Å². The first-order chi connectivity index (χ1) is 16.7. The second kappa shape index (κ2) is 16.0. The molecule has 2 saturated heterocycles. The SMILES string of the molecule is C.C/C=C/C=C/CC1(CCCC)CCC2(CCC(C)C(C/C=C/C=C/C(O)C(C)/C=C/C(=O)O)O2)O1. The van der Waals surface area contributed by atoms with Crippen molar-refractivity contribution in [3.63, 3.8) is 0 Å². The normalized spacial score (nSPS) is 30.8. The topological polar surface area (TPSA) is 76.0 Å². The lowest BCUT2D eigenvalue weighted by Gasteiger charge is -2.43. The number of aliphatic hydroxyl groups is 1. The average Bonchev–Trinajstić information content (AvgIpc) is 3.19. The lowest BCUT2D eigenvalue weighted by Crippen LogP contribution is -2.46. The Kier molecular flexibility index (Phi) is 14.3. The van der Waals surface area contributed by atoms with Crippen LogP contribution in [0.4, 0.5) is 0 Å². The Hall–Kier alpha value is -1.95. The molecule has 2 heterocycles. The Morgan fingerprint density at radius 2 is 1.86 bits per heavy atom. The van der Waals surface area contributed by atoms with Crippen LogP contribution >= 0.6 is 0 Å². The molecule has 0 bridgehead atoms. The highest BCUT2D eigenvalue weighted by atomic mass is 16.7. The summed E-state index contributed by atoms with van der Waals surface area (Å²) < 4.78 is 13.5. The first kappa shape index (κ1) is 32.1. The molecule has 2 rings (SSSR count). The summed E-state index contributed by atoms with van der Waals surface area (Å²) in [6, 6.07) is 0. The fraction of sp³-hybridized carbons (Fsp3) is 0.645. The molecule has 36 heavy (non-hydrogen) atoms. The molecule has 0 aromatic carbocycles. The van der Waals surface area contributed by atoms with E-state index in [4.69, 9.17) is 14.6 Å². The van der Waals surface area contributed by atoms with Crippen LogP contribution in [0.1, 0.15) is 92.9 Å². The number of hydrogen-bond donors (Lipinski definition) is 2. The zero-order valence-electron chi connectivity index (χ0n) is 22.1. The molecule has 204 valence electrons. The molecule has 2 aliphatic rings. The van der Waals surface area contributed by atoms with Gasteiger partial charge in [-0.2, -0.15) is 0 Å². The van der Waals surface area contributed by atoms with Crippen LogP contribution in [0.2, 0.25) is 0 Å². The van der Waals surface area contributed by atoms with Crippen molar-refractivity contribution in [3.8, 4) is 0 Å². The third-order valence-electron chi connectivity index (χ3n) is 7.27. The molecule has 6 atom stereocenters. The maximum Gasteiger partial charge on any atom is 0.327 e. The molecule has 6 unspecified atom stereocenters. The van der Waals surface area contributed by atoms with Crippen LogP contribution in [0, 0.1) is 11.8 Å². The lowest BCUT2D eigenvalue weighted by molar-refractivity contribution is -0.298. The van der Waals surface area contributed by atoms with Crippen LogP contribution in [0.25, 0.3) is 0 Å². The lowest BCUT2D eigenvalue weighted by atomic mass is 9.87. The van der Waals surface area contributed by atoms with Crippen LogP contribution in [0.5, 0.6) is 0 Å². The third kappa shape index (κ3) is 10.2. The molecule has 2 fully saturated rings. The first-order valence-corrected chi connectivity index (χ1v) is 13.3. The molecular weight excluding hydrogens is 452 g/mol. The summed E-state index contributed by atoms with van der Waals surface area (Å²) in [5, 5.41) is 18.9. The number of unbranched alkanes of at least 4 members (excludes halogenated alkanes) is 1. The molecule has 0 radical (unpaired) electrons. The summed E-state index contributed by atoms with van der Waals surface area (Å²) in [5.41, 5.74) is -0.125. The van der Waals surface area contributed by atoms with E-state index >= 15 is 0 Å². The minimum absolute atomic E-state index is 0. The van der Waals surface area contributed by atoms with Crippen molar-refractivity contribution in [1.29, 1.82) is 0 Å². The van der Waals surface area contributed by atoms with Crippen LogP contribution in [0.3, 0.4) is 0 Å². The van der Waals surface area contributed by atoms with Crippen molar-refractivity contribution in [2.75, 3.05) is 0 Å². The number of rotatable bonds is 13. The Morgan fingerprint density at radius 3 is 2.56 bits per heavy atom. The van der Waals surface area contributed by atoms with Crippen molar-refractivity contribution >= 4 is 5.97 Å². The minimum Gasteiger partial charge on any atom is -0.478 e. The number of ether oxygens (including phenoxy) is 2. The van der Waals surface area contributed by atoms with Gasteiger partial charge in [0.25, 0.3) is 0 Å². The van der Waals surface area contributed by atoms with Gasteiger partial charge in [-0.1, -0.05) is 95.7 Å². The van der Waals surface area contributed by atoms with Gasteiger partial charge in [-0.3, -0.25) is 0 Å². The summed E-state index contributed by atoms with van der Waals surface area (Å²) in [6.45, 7) is 8.30. The zero-order chi connectivity index (χ0) is 25.7. The number of carboxylic acid groups (broad SMARTS) is 1. The van der Waals surface area contributed by atoms with Crippen molar-refractivity contribution in [3.05, 3.63) is 60.8 Å². The van der Waals surface area contributed by atoms with Crippen LogP contribution < -0.4 is 0 Å². The summed E-state index contributed by atoms with van der Waals surface area (Å²) in [4.78, 5) is 10.6. The Balaban J connectivity index is 0.00000648. The fourth-order valence-corrected chi connectivity index (χ4v) is 4.92. The molecule has 0 aromatic heterocycles. The van der Waals surface area contributed by atoms with Gasteiger partial charge in [0, 0.05) is 24.8 Å². The van der Waals surface area contributed by atoms with E-state index in [0.29, 0.717) is 5.92 Å². The van der Waals surface area contributed by atoms with E-state index in [2.05, 4.69) is 38.2 Å². The average molecular weight is 503 g/mol. The Bertz CT molecular complexity index is 795. The molecule has 0 amide bonds. The number of allylic oxidation sites excluding steroid dienone is 5. The predicted molar refractivity (Wildman–Crippen MR) is 149 cm³/mol. The van der Waals surface area contributed by atoms with E-state index in [9.17, 15) is 9.90 Å². The molecule has 1 spiro atoms. The summed E-state index contributed by atoms with van der Waals surface area (Å²) in [5.74, 6) is -1.28. The molecule has 2 aliphatic heterocycles. The quantitative estimate of drug-likeness (QED) is 0.201. The Labute approximate surface area is 219 Å². The van der Waals surface area contributed by atoms with Crippen LogP contribution in [0.15, 0.2) is 60.8 Å². The number of aliphatic hydroxyl groups excluding tert-OH is 1. The fourth-order valence-electron chi connectivity index (χ4n) is 4.92. The first-order valence-electron chi connectivity index (χ1n) is 13.3. The standard InChI is InChI=1S/C30H46O5.CH4/c1-5-7-9-13-20-29(19-8-6-2)22-23-30(35-29)21-18-25(4)27(34-30)15-12-10-11-14-26(31)24(3)16-17-28(32)33;/h5,7,9-14,16-17,24-27,31H,6,8,15,18-23H2,1-4H3,(H,32,33);1H4/b7-5+,12-10+,13-9+,14-11+,17-16+;. The summed E-state index contributed by atoms with van der Waals surface area (Å²) in [7, 11) is 0. The molecular formula is C31H50O5. The van der Waals surface area contributed by atoms with Gasteiger partial charge in [-0.25, -0.2) is 4.79 Å². The molecule has 0 aliphatic carbocycles. The number of hydrogen-bond acceptors (Lipinski definition) is 4. The highest BCUT2D eigenvalue weighted by Crippen LogP contribution is 2.50. The largest absolute Gasteiger partial charge is 0.478 e. The second-order valence-electron chi connectivity index (χ2n) is 10.2. The van der Waals surface area contributed by atoms with Crippen molar-refractivity contribution in [2.24, 2.45) is 11.8 Å². The van der Waals surface area contributed by atoms with E-state index in [0.717, 1.165) is 51.0 Å². The highest BCUT2D eigenvalue weighted by Gasteiger charge is 2.52. The number of carbonyl (C=O) groups is 1. The summed E-state index contributed by atoms with van der Waals surface area (Å²) in [6.07, 6.45) is 27.1. The van der Waals surface area contributed by atoms with E-state index in [-0.39, 0.29) is 25.0 Å². The van der Waals surface area contributed by atoms with Gasteiger partial charge in [-0.05, 0) is 44.9 Å². The maximum absolute atomic E-state index is 10.6. The van der Waals surface area contributed by atoms with Gasteiger partial charge in [0.05, 0.1) is 17.8 Å². The highest BCUT2D eigenvalue weighted by molar-refractivity contribution is 5.79. The Morgan fingerprint density at radius 1 is 1.11 bits per heavy atom. The third-order valence-corrected chi connectivity index (χ3v) is 7.27. The van der Waals surface area contributed by atoms with Gasteiger partial charge < -0.3 is 19.7 Å². The van der Waals surface area contributed by atoms with Crippen molar-refractivity contribution < 1.29 is 24.5 Å². The van der Waals surface area contributed by atoms with Crippen molar-refractivity contribution in [1.82, 2.24) is 0 Å². The second-order valence-corrected chi connectivity index (χ2v) is 10.2. The van der Waals surface area contributed by atoms with Crippen molar-refractivity contribution in [2.45, 2.75) is 117 Å². The number of carboxylic acids is 1. The predicted octanol–water partition coefficient (Wildman–Crippen LogP) is 7.54. The van der Waals surface area contributed by atoms with E-state index in [1.165, 1.54) is 18.9 Å². The molecule has 0 saturated carbocycles. The molecule has 2 N–H and O–H groups in total. The van der Waals surface area contributed by atoms with Gasteiger partial charge in [0.15, 0.2) is 5.79 Å². The monoisotopic (exact) mass is 502 g/mol. The maximum atomic E-state index is 10.6. The van der Waals surface area contributed by atoms with Crippen LogP contribution in [-0.4, -0.2) is 39.8 Å². The van der Waals surface area contributed by atoms with Gasteiger partial charge in [-0.15, -0.1) is 0 Å². The van der Waals surface area contributed by atoms with Crippen LogP contribution in [-0.2, 0) is 14.3 Å². The van der Waals surface area contributed by atoms with Gasteiger partial charge in [0.2, 0.25) is 0 Å². The van der Waals surface area contributed by atoms with E-state index in [1.54, 1.807) is 13.0 Å². The minimum atomic E-state index is -1.01. The number of aliphatic carboxylic acids is 1. The molecule has 5 heteroatoms. The molecule has 5 nitrogen and oxygen atoms in total. The van der Waals surface area contributed by atoms with E-state index in [1.807, 2.05) is 25.2 Å². The van der Waals surface area contributed by atoms with E-state index < -0.39 is 17.9 Å². The zero-order valence-corrected chi connectivity index (χ0v) is 22.1. The van der Waals surface area contributed by atoms with Gasteiger partial charge >= 0.3 is 5.97 Å². The summed E-state index contributed by atoms with van der Waals surface area (Å²) >= 11 is 0. The smallest absolute Gasteiger partial charge is 0.327 e. The molecule has 0 aromatic rings.